The van der Waals surface area contributed by atoms with Crippen molar-refractivity contribution >= 4 is 22.9 Å². The lowest BCUT2D eigenvalue weighted by atomic mass is 10.1. The van der Waals surface area contributed by atoms with E-state index >= 15 is 0 Å². The van der Waals surface area contributed by atoms with Crippen LogP contribution >= 0.6 is 12.2 Å². The van der Waals surface area contributed by atoms with Crippen molar-refractivity contribution in [1.29, 1.82) is 0 Å². The molecule has 0 aromatic heterocycles. The van der Waals surface area contributed by atoms with Crippen molar-refractivity contribution in [3.63, 3.8) is 0 Å². The summed E-state index contributed by atoms with van der Waals surface area (Å²) in [5, 5.41) is 3.02. The first-order valence-corrected chi connectivity index (χ1v) is 3.79. The summed E-state index contributed by atoms with van der Waals surface area (Å²) in [4.78, 5) is 0.783. The standard InChI is InChI=1S/C9H7NS/c1-6-7-4-2-3-5-8(7)9(11)10-6/h2-5H,1H2,(H,10,11). The van der Waals surface area contributed by atoms with Gasteiger partial charge in [-0.1, -0.05) is 43.1 Å². The quantitative estimate of drug-likeness (QED) is 0.583. The molecule has 1 aliphatic rings. The Hall–Kier alpha value is -1.15. The maximum Gasteiger partial charge on any atom is 0.111 e. The molecule has 0 radical (unpaired) electrons. The molecule has 54 valence electrons. The molecule has 1 aromatic carbocycles. The molecule has 0 saturated heterocycles. The molecular formula is C9H7NS. The van der Waals surface area contributed by atoms with Crippen LogP contribution in [-0.2, 0) is 0 Å². The van der Waals surface area contributed by atoms with Crippen LogP contribution in [0.2, 0.25) is 0 Å². The minimum atomic E-state index is 0.783. The molecule has 11 heavy (non-hydrogen) atoms. The van der Waals surface area contributed by atoms with E-state index in [0.717, 1.165) is 21.8 Å². The first kappa shape index (κ1) is 6.55. The largest absolute Gasteiger partial charge is 0.346 e. The third kappa shape index (κ3) is 0.870. The number of benzene rings is 1. The Bertz CT molecular complexity index is 308. The zero-order valence-corrected chi connectivity index (χ0v) is 6.74. The highest BCUT2D eigenvalue weighted by Crippen LogP contribution is 2.22. The molecule has 0 amide bonds. The van der Waals surface area contributed by atoms with E-state index in [-0.39, 0.29) is 0 Å². The average molecular weight is 161 g/mol. The van der Waals surface area contributed by atoms with Crippen molar-refractivity contribution in [2.24, 2.45) is 0 Å². The zero-order valence-electron chi connectivity index (χ0n) is 5.92. The van der Waals surface area contributed by atoms with Gasteiger partial charge in [0.25, 0.3) is 0 Å². The minimum absolute atomic E-state index is 0.783. The molecule has 1 heterocycles. The summed E-state index contributed by atoms with van der Waals surface area (Å²) in [6.07, 6.45) is 0. The molecular weight excluding hydrogens is 154 g/mol. The number of rotatable bonds is 0. The van der Waals surface area contributed by atoms with E-state index in [1.807, 2.05) is 24.3 Å². The maximum absolute atomic E-state index is 5.08. The van der Waals surface area contributed by atoms with Gasteiger partial charge in [0.2, 0.25) is 0 Å². The minimum Gasteiger partial charge on any atom is -0.346 e. The Kier molecular flexibility index (Phi) is 1.29. The van der Waals surface area contributed by atoms with Gasteiger partial charge in [0.1, 0.15) is 4.99 Å². The third-order valence-corrected chi connectivity index (χ3v) is 2.08. The summed E-state index contributed by atoms with van der Waals surface area (Å²) in [5.74, 6) is 0. The second kappa shape index (κ2) is 2.17. The highest BCUT2D eigenvalue weighted by atomic mass is 32.1. The van der Waals surface area contributed by atoms with E-state index in [4.69, 9.17) is 12.2 Å². The topological polar surface area (TPSA) is 12.0 Å². The number of nitrogens with one attached hydrogen (secondary N) is 1. The van der Waals surface area contributed by atoms with Crippen LogP contribution in [0, 0.1) is 0 Å². The lowest BCUT2D eigenvalue weighted by Gasteiger charge is -1.93. The molecule has 0 spiro atoms. The Morgan fingerprint density at radius 3 is 2.45 bits per heavy atom. The van der Waals surface area contributed by atoms with Crippen molar-refractivity contribution in [3.05, 3.63) is 42.0 Å². The second-order valence-corrected chi connectivity index (χ2v) is 2.89. The van der Waals surface area contributed by atoms with E-state index in [1.54, 1.807) is 0 Å². The van der Waals surface area contributed by atoms with Crippen molar-refractivity contribution in [3.8, 4) is 0 Å². The van der Waals surface area contributed by atoms with Crippen molar-refractivity contribution in [2.45, 2.75) is 0 Å². The van der Waals surface area contributed by atoms with Gasteiger partial charge in [-0.3, -0.25) is 0 Å². The van der Waals surface area contributed by atoms with Crippen LogP contribution in [0.3, 0.4) is 0 Å². The monoisotopic (exact) mass is 161 g/mol. The lowest BCUT2D eigenvalue weighted by molar-refractivity contribution is 1.40. The smallest absolute Gasteiger partial charge is 0.111 e. The molecule has 0 bridgehead atoms. The van der Waals surface area contributed by atoms with Crippen molar-refractivity contribution in [1.82, 2.24) is 5.32 Å². The van der Waals surface area contributed by atoms with Gasteiger partial charge in [-0.25, -0.2) is 0 Å². The molecule has 0 aliphatic carbocycles. The summed E-state index contributed by atoms with van der Waals surface area (Å²) in [6.45, 7) is 3.85. The number of hydrogen-bond donors (Lipinski definition) is 1. The van der Waals surface area contributed by atoms with Crippen LogP contribution < -0.4 is 5.32 Å². The Balaban J connectivity index is 2.69. The fourth-order valence-electron chi connectivity index (χ4n) is 1.22. The van der Waals surface area contributed by atoms with E-state index in [2.05, 4.69) is 11.9 Å². The van der Waals surface area contributed by atoms with Crippen LogP contribution in [0.1, 0.15) is 11.1 Å². The van der Waals surface area contributed by atoms with E-state index in [1.165, 1.54) is 0 Å². The summed E-state index contributed by atoms with van der Waals surface area (Å²) < 4.78 is 0. The second-order valence-electron chi connectivity index (χ2n) is 2.48. The molecule has 0 atom stereocenters. The van der Waals surface area contributed by atoms with Crippen molar-refractivity contribution in [2.75, 3.05) is 0 Å². The third-order valence-electron chi connectivity index (χ3n) is 1.76. The number of thiocarbonyl (C=S) groups is 1. The van der Waals surface area contributed by atoms with E-state index in [0.29, 0.717) is 0 Å². The summed E-state index contributed by atoms with van der Waals surface area (Å²) in [7, 11) is 0. The van der Waals surface area contributed by atoms with Gasteiger partial charge in [-0.05, 0) is 0 Å². The van der Waals surface area contributed by atoms with Gasteiger partial charge in [0, 0.05) is 16.8 Å². The Morgan fingerprint density at radius 2 is 1.82 bits per heavy atom. The average Bonchev–Trinajstić information content (AvgIpc) is 2.30. The first-order valence-electron chi connectivity index (χ1n) is 3.39. The molecule has 0 fully saturated rings. The number of hydrogen-bond acceptors (Lipinski definition) is 1. The molecule has 0 unspecified atom stereocenters. The predicted molar refractivity (Wildman–Crippen MR) is 50.3 cm³/mol. The zero-order chi connectivity index (χ0) is 7.84. The van der Waals surface area contributed by atoms with Gasteiger partial charge < -0.3 is 5.32 Å². The van der Waals surface area contributed by atoms with Crippen LogP contribution in [0.15, 0.2) is 30.8 Å². The SMILES string of the molecule is C=C1NC(=S)c2ccccc21. The molecule has 1 aliphatic heterocycles. The molecule has 0 saturated carbocycles. The van der Waals surface area contributed by atoms with Crippen LogP contribution in [0.5, 0.6) is 0 Å². The Morgan fingerprint density at radius 1 is 1.18 bits per heavy atom. The number of fused-ring (bicyclic) bond motifs is 1. The molecule has 1 N–H and O–H groups in total. The van der Waals surface area contributed by atoms with E-state index in [9.17, 15) is 0 Å². The first-order chi connectivity index (χ1) is 5.29. The molecule has 2 rings (SSSR count). The van der Waals surface area contributed by atoms with Gasteiger partial charge in [-0.15, -0.1) is 0 Å². The molecule has 1 aromatic rings. The fraction of sp³-hybridized carbons (Fsp3) is 0. The van der Waals surface area contributed by atoms with Crippen molar-refractivity contribution < 1.29 is 0 Å². The molecule has 1 nitrogen and oxygen atoms in total. The van der Waals surface area contributed by atoms with Crippen LogP contribution in [0.4, 0.5) is 0 Å². The van der Waals surface area contributed by atoms with E-state index < -0.39 is 0 Å². The van der Waals surface area contributed by atoms with Gasteiger partial charge in [-0.2, -0.15) is 0 Å². The van der Waals surface area contributed by atoms with Crippen LogP contribution in [0.25, 0.3) is 5.70 Å². The summed E-state index contributed by atoms with van der Waals surface area (Å²) in [5.41, 5.74) is 3.12. The van der Waals surface area contributed by atoms with Crippen LogP contribution in [-0.4, -0.2) is 4.99 Å². The summed E-state index contributed by atoms with van der Waals surface area (Å²) in [6, 6.07) is 7.98. The molecule has 2 heteroatoms. The fourth-order valence-corrected chi connectivity index (χ4v) is 1.52. The Labute approximate surface area is 70.7 Å². The highest BCUT2D eigenvalue weighted by Gasteiger charge is 2.16. The van der Waals surface area contributed by atoms with Gasteiger partial charge >= 0.3 is 0 Å². The van der Waals surface area contributed by atoms with Gasteiger partial charge in [0.15, 0.2) is 0 Å². The predicted octanol–water partition coefficient (Wildman–Crippen LogP) is 1.94. The summed E-state index contributed by atoms with van der Waals surface area (Å²) >= 11 is 5.08. The van der Waals surface area contributed by atoms with Gasteiger partial charge in [0.05, 0.1) is 0 Å². The highest BCUT2D eigenvalue weighted by molar-refractivity contribution is 7.80. The maximum atomic E-state index is 5.08. The normalized spacial score (nSPS) is 14.5. The lowest BCUT2D eigenvalue weighted by Crippen LogP contribution is -2.09.